The lowest BCUT2D eigenvalue weighted by atomic mass is 10.1. The summed E-state index contributed by atoms with van der Waals surface area (Å²) in [5.74, 6) is 2.08. The average Bonchev–Trinajstić information content (AvgIpc) is 3.29. The first-order valence-electron chi connectivity index (χ1n) is 9.60. The van der Waals surface area contributed by atoms with Gasteiger partial charge in [-0.05, 0) is 48.9 Å². The highest BCUT2D eigenvalue weighted by atomic mass is 35.5. The molecule has 0 radical (unpaired) electrons. The minimum absolute atomic E-state index is 0.209. The quantitative estimate of drug-likeness (QED) is 0.477. The highest BCUT2D eigenvalue weighted by Crippen LogP contribution is 2.40. The molecule has 2 aromatic heterocycles. The Bertz CT molecular complexity index is 1190. The molecule has 0 aliphatic carbocycles. The topological polar surface area (TPSA) is 51.8 Å². The number of aromatic nitrogens is 5. The first-order valence-corrected chi connectivity index (χ1v) is 9.97. The Labute approximate surface area is 174 Å². The molecule has 0 unspecified atom stereocenters. The number of aryl methyl sites for hydroxylation is 2. The van der Waals surface area contributed by atoms with E-state index in [1.54, 1.807) is 0 Å². The van der Waals surface area contributed by atoms with Crippen molar-refractivity contribution in [1.82, 2.24) is 24.5 Å². The molecule has 6 nitrogen and oxygen atoms in total. The Morgan fingerprint density at radius 3 is 2.52 bits per heavy atom. The van der Waals surface area contributed by atoms with Crippen molar-refractivity contribution in [3.05, 3.63) is 71.5 Å². The molecule has 1 aliphatic heterocycles. The zero-order chi connectivity index (χ0) is 20.1. The largest absolute Gasteiger partial charge is 0.339 e. The van der Waals surface area contributed by atoms with Gasteiger partial charge in [-0.15, -0.1) is 10.2 Å². The predicted molar refractivity (Wildman–Crippen MR) is 115 cm³/mol. The fourth-order valence-electron chi connectivity index (χ4n) is 3.99. The first-order chi connectivity index (χ1) is 14.0. The minimum atomic E-state index is 0.209. The fraction of sp³-hybridized carbons (Fsp3) is 0.227. The number of rotatable bonds is 2. The Morgan fingerprint density at radius 1 is 1.00 bits per heavy atom. The number of benzene rings is 2. The van der Waals surface area contributed by atoms with E-state index in [9.17, 15) is 0 Å². The van der Waals surface area contributed by atoms with E-state index in [-0.39, 0.29) is 5.92 Å². The van der Waals surface area contributed by atoms with E-state index >= 15 is 0 Å². The van der Waals surface area contributed by atoms with Crippen molar-refractivity contribution in [2.45, 2.75) is 19.8 Å². The predicted octanol–water partition coefficient (Wildman–Crippen LogP) is 4.88. The van der Waals surface area contributed by atoms with Crippen molar-refractivity contribution in [2.24, 2.45) is 7.05 Å². The Kier molecular flexibility index (Phi) is 4.17. The summed E-state index contributed by atoms with van der Waals surface area (Å²) >= 11 is 6.15. The van der Waals surface area contributed by atoms with E-state index in [4.69, 9.17) is 11.6 Å². The molecule has 4 aromatic rings. The molecule has 2 aromatic carbocycles. The van der Waals surface area contributed by atoms with Crippen LogP contribution in [0.4, 0.5) is 11.4 Å². The summed E-state index contributed by atoms with van der Waals surface area (Å²) in [6, 6.07) is 14.5. The zero-order valence-electron chi connectivity index (χ0n) is 16.5. The third kappa shape index (κ3) is 3.00. The van der Waals surface area contributed by atoms with E-state index < -0.39 is 0 Å². The van der Waals surface area contributed by atoms with Gasteiger partial charge in [0.2, 0.25) is 0 Å². The lowest BCUT2D eigenvalue weighted by molar-refractivity contribution is 0.696. The van der Waals surface area contributed by atoms with Crippen molar-refractivity contribution >= 4 is 23.0 Å². The highest BCUT2D eigenvalue weighted by Gasteiger charge is 2.28. The van der Waals surface area contributed by atoms with E-state index in [0.29, 0.717) is 0 Å². The molecule has 0 saturated heterocycles. The molecular weight excluding hydrogens is 384 g/mol. The summed E-state index contributed by atoms with van der Waals surface area (Å²) in [6.45, 7) is 4.99. The van der Waals surface area contributed by atoms with Gasteiger partial charge < -0.3 is 4.90 Å². The molecular formula is C22H21ClN6. The van der Waals surface area contributed by atoms with Crippen LogP contribution < -0.4 is 4.90 Å². The SMILES string of the molecule is Cc1nnc2n1-c1ccc(-c3cnn(C)c3)cc1N(c1ccc(Cl)cc1)C[C@@H]2C. The summed E-state index contributed by atoms with van der Waals surface area (Å²) in [5, 5.41) is 13.9. The summed E-state index contributed by atoms with van der Waals surface area (Å²) in [6.07, 6.45) is 3.92. The molecule has 1 atom stereocenters. The number of hydrogen-bond acceptors (Lipinski definition) is 4. The molecule has 0 bridgehead atoms. The number of anilines is 2. The van der Waals surface area contributed by atoms with Gasteiger partial charge in [0.05, 0.1) is 17.6 Å². The monoisotopic (exact) mass is 404 g/mol. The third-order valence-corrected chi connectivity index (χ3v) is 5.68. The highest BCUT2D eigenvalue weighted by molar-refractivity contribution is 6.30. The van der Waals surface area contributed by atoms with Gasteiger partial charge in [-0.3, -0.25) is 9.25 Å². The van der Waals surface area contributed by atoms with Crippen LogP contribution >= 0.6 is 11.6 Å². The van der Waals surface area contributed by atoms with Crippen molar-refractivity contribution in [3.63, 3.8) is 0 Å². The van der Waals surface area contributed by atoms with Gasteiger partial charge in [-0.25, -0.2) is 0 Å². The molecule has 0 fully saturated rings. The lowest BCUT2D eigenvalue weighted by Crippen LogP contribution is -2.21. The molecule has 29 heavy (non-hydrogen) atoms. The third-order valence-electron chi connectivity index (χ3n) is 5.43. The maximum absolute atomic E-state index is 6.15. The van der Waals surface area contributed by atoms with Crippen LogP contribution in [0.1, 0.15) is 24.5 Å². The summed E-state index contributed by atoms with van der Waals surface area (Å²) in [5.41, 5.74) is 5.50. The minimum Gasteiger partial charge on any atom is -0.339 e. The average molecular weight is 405 g/mol. The Balaban J connectivity index is 1.74. The second-order valence-electron chi connectivity index (χ2n) is 7.54. The number of nitrogens with zero attached hydrogens (tertiary/aromatic N) is 6. The lowest BCUT2D eigenvalue weighted by Gasteiger charge is -2.27. The molecule has 3 heterocycles. The van der Waals surface area contributed by atoms with Crippen LogP contribution in [-0.4, -0.2) is 31.1 Å². The molecule has 0 spiro atoms. The van der Waals surface area contributed by atoms with Crippen molar-refractivity contribution in [2.75, 3.05) is 11.4 Å². The van der Waals surface area contributed by atoms with Crippen molar-refractivity contribution in [1.29, 1.82) is 0 Å². The van der Waals surface area contributed by atoms with Crippen LogP contribution in [0.5, 0.6) is 0 Å². The number of halogens is 1. The maximum Gasteiger partial charge on any atom is 0.142 e. The van der Waals surface area contributed by atoms with Gasteiger partial charge in [0.1, 0.15) is 11.6 Å². The van der Waals surface area contributed by atoms with E-state index in [1.165, 1.54) is 0 Å². The smallest absolute Gasteiger partial charge is 0.142 e. The fourth-order valence-corrected chi connectivity index (χ4v) is 4.12. The van der Waals surface area contributed by atoms with Gasteiger partial charge in [0.25, 0.3) is 0 Å². The second-order valence-corrected chi connectivity index (χ2v) is 7.97. The van der Waals surface area contributed by atoms with E-state index in [0.717, 1.165) is 51.4 Å². The molecule has 7 heteroatoms. The van der Waals surface area contributed by atoms with Gasteiger partial charge >= 0.3 is 0 Å². The van der Waals surface area contributed by atoms with Crippen molar-refractivity contribution in [3.8, 4) is 16.8 Å². The van der Waals surface area contributed by atoms with Gasteiger partial charge in [-0.1, -0.05) is 24.6 Å². The van der Waals surface area contributed by atoms with Crippen LogP contribution in [0, 0.1) is 6.92 Å². The summed E-state index contributed by atoms with van der Waals surface area (Å²) in [4.78, 5) is 2.34. The van der Waals surface area contributed by atoms with Crippen LogP contribution in [0.15, 0.2) is 54.9 Å². The van der Waals surface area contributed by atoms with Crippen LogP contribution in [-0.2, 0) is 7.05 Å². The normalized spacial score (nSPS) is 15.7. The van der Waals surface area contributed by atoms with Crippen LogP contribution in [0.25, 0.3) is 16.8 Å². The molecule has 0 N–H and O–H groups in total. The standard InChI is InChI=1S/C22H21ClN6/c1-14-12-28(19-7-5-18(23)6-8-19)21-10-16(17-11-24-27(3)13-17)4-9-20(21)29-15(2)25-26-22(14)29/h4-11,13-14H,12H2,1-3H3/t14-/m0/s1. The van der Waals surface area contributed by atoms with Gasteiger partial charge in [0, 0.05) is 42.0 Å². The molecule has 146 valence electrons. The van der Waals surface area contributed by atoms with E-state index in [1.807, 2.05) is 43.2 Å². The molecule has 0 amide bonds. The molecule has 1 aliphatic rings. The first kappa shape index (κ1) is 17.9. The molecule has 5 rings (SSSR count). The van der Waals surface area contributed by atoms with Gasteiger partial charge in [0.15, 0.2) is 0 Å². The zero-order valence-corrected chi connectivity index (χ0v) is 17.3. The summed E-state index contributed by atoms with van der Waals surface area (Å²) in [7, 11) is 1.93. The number of hydrogen-bond donors (Lipinski definition) is 0. The second kappa shape index (κ2) is 6.74. The molecule has 0 saturated carbocycles. The Morgan fingerprint density at radius 2 is 1.79 bits per heavy atom. The van der Waals surface area contributed by atoms with Crippen molar-refractivity contribution < 1.29 is 0 Å². The van der Waals surface area contributed by atoms with Crippen LogP contribution in [0.3, 0.4) is 0 Å². The number of fused-ring (bicyclic) bond motifs is 3. The summed E-state index contributed by atoms with van der Waals surface area (Å²) < 4.78 is 3.99. The van der Waals surface area contributed by atoms with Crippen LogP contribution in [0.2, 0.25) is 5.02 Å². The maximum atomic E-state index is 6.15. The Hall–Kier alpha value is -3.12. The van der Waals surface area contributed by atoms with Gasteiger partial charge in [-0.2, -0.15) is 5.10 Å². The van der Waals surface area contributed by atoms with E-state index in [2.05, 4.69) is 62.0 Å².